The molecular formula is C18H23NO5S. The summed E-state index contributed by atoms with van der Waals surface area (Å²) < 4.78 is 0. The summed E-state index contributed by atoms with van der Waals surface area (Å²) in [5, 5.41) is 20.9. The molecule has 7 heteroatoms. The van der Waals surface area contributed by atoms with Crippen molar-refractivity contribution in [3.63, 3.8) is 0 Å². The van der Waals surface area contributed by atoms with Gasteiger partial charge in [0.2, 0.25) is 5.91 Å². The zero-order valence-corrected chi connectivity index (χ0v) is 15.4. The van der Waals surface area contributed by atoms with Gasteiger partial charge in [0.25, 0.3) is 0 Å². The molecule has 1 unspecified atom stereocenters. The lowest BCUT2D eigenvalue weighted by atomic mass is 9.69. The third kappa shape index (κ3) is 4.28. The second-order valence-corrected chi connectivity index (χ2v) is 8.06. The first-order valence-corrected chi connectivity index (χ1v) is 9.07. The number of fused-ring (bicyclic) bond motifs is 1. The van der Waals surface area contributed by atoms with Crippen LogP contribution in [-0.4, -0.2) is 28.1 Å². The molecule has 2 rings (SSSR count). The molecule has 1 aliphatic rings. The molecule has 0 aromatic carbocycles. The molecule has 1 aromatic rings. The van der Waals surface area contributed by atoms with E-state index in [2.05, 4.69) is 26.1 Å². The van der Waals surface area contributed by atoms with Gasteiger partial charge in [0, 0.05) is 17.0 Å². The Morgan fingerprint density at radius 3 is 2.52 bits per heavy atom. The number of aliphatic carboxylic acids is 1. The van der Waals surface area contributed by atoms with E-state index in [0.29, 0.717) is 12.3 Å². The molecule has 1 atom stereocenters. The molecule has 0 bridgehead atoms. The largest absolute Gasteiger partial charge is 0.478 e. The maximum absolute atomic E-state index is 11.8. The smallest absolute Gasteiger partial charge is 0.339 e. The van der Waals surface area contributed by atoms with Gasteiger partial charge in [-0.25, -0.2) is 9.59 Å². The maximum Gasteiger partial charge on any atom is 0.339 e. The van der Waals surface area contributed by atoms with Gasteiger partial charge in [-0.1, -0.05) is 27.2 Å². The molecule has 0 radical (unpaired) electrons. The minimum atomic E-state index is -1.23. The highest BCUT2D eigenvalue weighted by atomic mass is 32.1. The number of thiophene rings is 1. The number of hydrogen-bond acceptors (Lipinski definition) is 4. The highest BCUT2D eigenvalue weighted by Gasteiger charge is 2.35. The Balaban J connectivity index is 2.30. The number of carbonyl (C=O) groups excluding carboxylic acids is 1. The molecule has 0 spiro atoms. The number of carboxylic acids is 2. The van der Waals surface area contributed by atoms with Crippen LogP contribution in [-0.2, 0) is 22.4 Å². The Bertz CT molecular complexity index is 732. The number of amides is 1. The van der Waals surface area contributed by atoms with Gasteiger partial charge in [-0.05, 0) is 36.2 Å². The quantitative estimate of drug-likeness (QED) is 0.669. The summed E-state index contributed by atoms with van der Waals surface area (Å²) in [4.78, 5) is 35.0. The minimum absolute atomic E-state index is 0.143. The van der Waals surface area contributed by atoms with Crippen LogP contribution < -0.4 is 5.32 Å². The molecule has 0 saturated carbocycles. The van der Waals surface area contributed by atoms with Crippen LogP contribution in [0, 0.1) is 11.3 Å². The van der Waals surface area contributed by atoms with Crippen LogP contribution in [0.25, 0.3) is 0 Å². The summed E-state index contributed by atoms with van der Waals surface area (Å²) >= 11 is 1.29. The van der Waals surface area contributed by atoms with Crippen LogP contribution in [0.15, 0.2) is 12.2 Å². The van der Waals surface area contributed by atoms with E-state index in [4.69, 9.17) is 5.11 Å². The first kappa shape index (κ1) is 19.2. The van der Waals surface area contributed by atoms with E-state index in [0.717, 1.165) is 41.9 Å². The van der Waals surface area contributed by atoms with Crippen molar-refractivity contribution in [2.45, 2.75) is 46.5 Å². The van der Waals surface area contributed by atoms with Crippen molar-refractivity contribution in [3.05, 3.63) is 28.2 Å². The molecule has 1 aromatic heterocycles. The standard InChI is InChI=1S/C18H23NO5S/c1-4-18(2,3)10-5-6-11-12(9-10)25-16(15(11)17(23)24)19-13(20)7-8-14(21)22/h7-8,10H,4-6,9H2,1-3H3,(H,19,20)(H,21,22)(H,23,24). The van der Waals surface area contributed by atoms with Gasteiger partial charge in [-0.3, -0.25) is 4.79 Å². The van der Waals surface area contributed by atoms with Crippen molar-refractivity contribution >= 4 is 34.2 Å². The van der Waals surface area contributed by atoms with E-state index in [1.807, 2.05) is 0 Å². The van der Waals surface area contributed by atoms with Gasteiger partial charge in [0.1, 0.15) is 5.00 Å². The molecule has 136 valence electrons. The Hall–Kier alpha value is -2.15. The Labute approximate surface area is 150 Å². The number of aromatic carboxylic acids is 1. The fourth-order valence-corrected chi connectivity index (χ4v) is 4.48. The van der Waals surface area contributed by atoms with Crippen molar-refractivity contribution in [3.8, 4) is 0 Å². The predicted octanol–water partition coefficient (Wildman–Crippen LogP) is 3.57. The first-order chi connectivity index (χ1) is 11.7. The second kappa shape index (κ2) is 7.39. The van der Waals surface area contributed by atoms with Crippen molar-refractivity contribution in [2.24, 2.45) is 11.3 Å². The molecule has 3 N–H and O–H groups in total. The predicted molar refractivity (Wildman–Crippen MR) is 96.3 cm³/mol. The summed E-state index contributed by atoms with van der Waals surface area (Å²) in [5.41, 5.74) is 1.13. The summed E-state index contributed by atoms with van der Waals surface area (Å²) in [6.07, 6.45) is 5.08. The average Bonchev–Trinajstić information content (AvgIpc) is 2.89. The molecule has 1 heterocycles. The van der Waals surface area contributed by atoms with Gasteiger partial charge < -0.3 is 15.5 Å². The number of carbonyl (C=O) groups is 3. The zero-order valence-electron chi connectivity index (χ0n) is 14.6. The molecule has 0 fully saturated rings. The van der Waals surface area contributed by atoms with Crippen molar-refractivity contribution in [1.82, 2.24) is 0 Å². The Morgan fingerprint density at radius 2 is 1.96 bits per heavy atom. The van der Waals surface area contributed by atoms with Gasteiger partial charge in [0.15, 0.2) is 0 Å². The lowest BCUT2D eigenvalue weighted by Gasteiger charge is -2.36. The monoisotopic (exact) mass is 365 g/mol. The minimum Gasteiger partial charge on any atom is -0.478 e. The van der Waals surface area contributed by atoms with E-state index < -0.39 is 17.8 Å². The third-order valence-corrected chi connectivity index (χ3v) is 6.28. The van der Waals surface area contributed by atoms with E-state index >= 15 is 0 Å². The SMILES string of the molecule is CCC(C)(C)C1CCc2c(sc(NC(=O)C=CC(=O)O)c2C(=O)O)C1. The lowest BCUT2D eigenvalue weighted by molar-refractivity contribution is -0.131. The second-order valence-electron chi connectivity index (χ2n) is 6.96. The number of hydrogen-bond donors (Lipinski definition) is 3. The number of carboxylic acid groups (broad SMARTS) is 2. The molecule has 0 aliphatic heterocycles. The maximum atomic E-state index is 11.8. The molecule has 0 saturated heterocycles. The van der Waals surface area contributed by atoms with Gasteiger partial charge in [-0.15, -0.1) is 11.3 Å². The first-order valence-electron chi connectivity index (χ1n) is 8.25. The van der Waals surface area contributed by atoms with Crippen molar-refractivity contribution in [2.75, 3.05) is 5.32 Å². The summed E-state index contributed by atoms with van der Waals surface area (Å²) in [6.45, 7) is 6.62. The lowest BCUT2D eigenvalue weighted by Crippen LogP contribution is -2.28. The van der Waals surface area contributed by atoms with E-state index in [1.165, 1.54) is 11.3 Å². The van der Waals surface area contributed by atoms with Crippen molar-refractivity contribution < 1.29 is 24.6 Å². The topological polar surface area (TPSA) is 104 Å². The highest BCUT2D eigenvalue weighted by Crippen LogP contribution is 2.45. The molecule has 25 heavy (non-hydrogen) atoms. The Kier molecular flexibility index (Phi) is 5.67. The summed E-state index contributed by atoms with van der Waals surface area (Å²) in [7, 11) is 0. The summed E-state index contributed by atoms with van der Waals surface area (Å²) in [5.74, 6) is -2.47. The zero-order chi connectivity index (χ0) is 18.8. The molecular weight excluding hydrogens is 342 g/mol. The van der Waals surface area contributed by atoms with Crippen LogP contribution in [0.5, 0.6) is 0 Å². The van der Waals surface area contributed by atoms with E-state index in [-0.39, 0.29) is 16.0 Å². The van der Waals surface area contributed by atoms with E-state index in [1.54, 1.807) is 0 Å². The highest BCUT2D eigenvalue weighted by molar-refractivity contribution is 7.17. The average molecular weight is 365 g/mol. The summed E-state index contributed by atoms with van der Waals surface area (Å²) in [6, 6.07) is 0. The van der Waals surface area contributed by atoms with Crippen LogP contribution in [0.1, 0.15) is 54.4 Å². The van der Waals surface area contributed by atoms with Crippen LogP contribution >= 0.6 is 11.3 Å². The normalized spacial score (nSPS) is 17.3. The van der Waals surface area contributed by atoms with Crippen molar-refractivity contribution in [1.29, 1.82) is 0 Å². The van der Waals surface area contributed by atoms with Crippen LogP contribution in [0.4, 0.5) is 5.00 Å². The Morgan fingerprint density at radius 1 is 1.28 bits per heavy atom. The molecule has 1 aliphatic carbocycles. The number of anilines is 1. The molecule has 6 nitrogen and oxygen atoms in total. The van der Waals surface area contributed by atoms with Crippen LogP contribution in [0.3, 0.4) is 0 Å². The van der Waals surface area contributed by atoms with Crippen LogP contribution in [0.2, 0.25) is 0 Å². The fourth-order valence-electron chi connectivity index (χ4n) is 3.16. The molecule has 1 amide bonds. The third-order valence-electron chi connectivity index (χ3n) is 5.11. The number of nitrogens with one attached hydrogen (secondary N) is 1. The van der Waals surface area contributed by atoms with Gasteiger partial charge in [0.05, 0.1) is 5.56 Å². The van der Waals surface area contributed by atoms with E-state index in [9.17, 15) is 19.5 Å². The fraction of sp³-hybridized carbons (Fsp3) is 0.500. The van der Waals surface area contributed by atoms with Gasteiger partial charge in [-0.2, -0.15) is 0 Å². The number of rotatable bonds is 6. The van der Waals surface area contributed by atoms with Gasteiger partial charge >= 0.3 is 11.9 Å².